The van der Waals surface area contributed by atoms with Crippen molar-refractivity contribution in [2.75, 3.05) is 11.9 Å². The lowest BCUT2D eigenvalue weighted by Gasteiger charge is -2.19. The molecule has 2 aromatic rings. The predicted octanol–water partition coefficient (Wildman–Crippen LogP) is 3.59. The lowest BCUT2D eigenvalue weighted by atomic mass is 10.1. The lowest BCUT2D eigenvalue weighted by Crippen LogP contribution is -2.12. The fourth-order valence-corrected chi connectivity index (χ4v) is 1.97. The van der Waals surface area contributed by atoms with Gasteiger partial charge in [-0.05, 0) is 43.2 Å². The number of pyridine rings is 1. The molecule has 3 heteroatoms. The third-order valence-corrected chi connectivity index (χ3v) is 3.14. The molecule has 0 N–H and O–H groups in total. The number of nitrogens with zero attached hydrogens (tertiary/aromatic N) is 3. The minimum atomic E-state index is 0.638. The van der Waals surface area contributed by atoms with Crippen LogP contribution in [0, 0.1) is 18.3 Å². The van der Waals surface area contributed by atoms with Crippen LogP contribution < -0.4 is 4.90 Å². The molecule has 1 heterocycles. The summed E-state index contributed by atoms with van der Waals surface area (Å²) in [5.74, 6) is 0.792. The van der Waals surface area contributed by atoms with E-state index < -0.39 is 0 Å². The van der Waals surface area contributed by atoms with E-state index in [1.54, 1.807) is 12.1 Å². The average molecular weight is 251 g/mol. The smallest absolute Gasteiger partial charge is 0.134 e. The van der Waals surface area contributed by atoms with Crippen LogP contribution in [-0.4, -0.2) is 12.0 Å². The van der Waals surface area contributed by atoms with Crippen molar-refractivity contribution in [3.8, 4) is 6.07 Å². The van der Waals surface area contributed by atoms with Crippen molar-refractivity contribution < 1.29 is 0 Å². The molecule has 0 saturated heterocycles. The van der Waals surface area contributed by atoms with Gasteiger partial charge >= 0.3 is 0 Å². The zero-order valence-corrected chi connectivity index (χ0v) is 11.5. The van der Waals surface area contributed by atoms with Gasteiger partial charge in [0.2, 0.25) is 0 Å². The predicted molar refractivity (Wildman–Crippen MR) is 77.6 cm³/mol. The van der Waals surface area contributed by atoms with Crippen molar-refractivity contribution in [3.63, 3.8) is 0 Å². The standard InChI is InChI=1S/C16H17N3/c1-4-13-5-7-15(8-6-13)19(3)16-10-14(11-17)9-12(2)18-16/h5-10H,4H2,1-3H3. The zero-order valence-electron chi connectivity index (χ0n) is 11.5. The van der Waals surface area contributed by atoms with Gasteiger partial charge in [0.15, 0.2) is 0 Å². The molecule has 1 aromatic heterocycles. The van der Waals surface area contributed by atoms with Gasteiger partial charge in [0.1, 0.15) is 5.82 Å². The van der Waals surface area contributed by atoms with Crippen LogP contribution in [0.3, 0.4) is 0 Å². The van der Waals surface area contributed by atoms with Crippen LogP contribution in [0.15, 0.2) is 36.4 Å². The lowest BCUT2D eigenvalue weighted by molar-refractivity contribution is 1.08. The Morgan fingerprint density at radius 2 is 1.89 bits per heavy atom. The molecule has 96 valence electrons. The molecule has 0 aliphatic heterocycles. The fourth-order valence-electron chi connectivity index (χ4n) is 1.97. The highest BCUT2D eigenvalue weighted by atomic mass is 15.2. The van der Waals surface area contributed by atoms with Gasteiger partial charge in [0.25, 0.3) is 0 Å². The van der Waals surface area contributed by atoms with Crippen molar-refractivity contribution in [3.05, 3.63) is 53.2 Å². The summed E-state index contributed by atoms with van der Waals surface area (Å²) in [7, 11) is 1.96. The van der Waals surface area contributed by atoms with Crippen molar-refractivity contribution in [2.24, 2.45) is 0 Å². The third-order valence-electron chi connectivity index (χ3n) is 3.14. The molecule has 0 aliphatic carbocycles. The van der Waals surface area contributed by atoms with E-state index in [0.717, 1.165) is 23.6 Å². The summed E-state index contributed by atoms with van der Waals surface area (Å²) in [5, 5.41) is 9.01. The second-order valence-corrected chi connectivity index (χ2v) is 4.55. The SMILES string of the molecule is CCc1ccc(N(C)c2cc(C#N)cc(C)n2)cc1. The quantitative estimate of drug-likeness (QED) is 0.837. The molecule has 19 heavy (non-hydrogen) atoms. The summed E-state index contributed by atoms with van der Waals surface area (Å²) in [6.45, 7) is 4.04. The monoisotopic (exact) mass is 251 g/mol. The summed E-state index contributed by atoms with van der Waals surface area (Å²) in [6.07, 6.45) is 1.03. The van der Waals surface area contributed by atoms with Gasteiger partial charge in [-0.15, -0.1) is 0 Å². The van der Waals surface area contributed by atoms with Crippen LogP contribution in [0.25, 0.3) is 0 Å². The Morgan fingerprint density at radius 3 is 2.47 bits per heavy atom. The van der Waals surface area contributed by atoms with Crippen LogP contribution in [0.1, 0.15) is 23.7 Å². The largest absolute Gasteiger partial charge is 0.329 e. The first kappa shape index (κ1) is 13.1. The number of nitriles is 1. The van der Waals surface area contributed by atoms with E-state index in [1.165, 1.54) is 5.56 Å². The number of hydrogen-bond acceptors (Lipinski definition) is 3. The van der Waals surface area contributed by atoms with E-state index in [2.05, 4.69) is 42.2 Å². The Hall–Kier alpha value is -2.34. The molecule has 0 saturated carbocycles. The first-order chi connectivity index (χ1) is 9.13. The highest BCUT2D eigenvalue weighted by molar-refractivity contribution is 5.61. The molecule has 3 nitrogen and oxygen atoms in total. The first-order valence-electron chi connectivity index (χ1n) is 6.35. The molecule has 2 rings (SSSR count). The van der Waals surface area contributed by atoms with Crippen LogP contribution in [0.5, 0.6) is 0 Å². The van der Waals surface area contributed by atoms with Gasteiger partial charge in [-0.1, -0.05) is 19.1 Å². The number of anilines is 2. The Labute approximate surface area is 114 Å². The summed E-state index contributed by atoms with van der Waals surface area (Å²) in [5.41, 5.74) is 3.87. The topological polar surface area (TPSA) is 39.9 Å². The van der Waals surface area contributed by atoms with Crippen molar-refractivity contribution in [1.29, 1.82) is 5.26 Å². The molecule has 0 spiro atoms. The minimum absolute atomic E-state index is 0.638. The molecule has 1 aromatic carbocycles. The fraction of sp³-hybridized carbons (Fsp3) is 0.250. The molecule has 0 atom stereocenters. The number of hydrogen-bond donors (Lipinski definition) is 0. The molecule has 0 unspecified atom stereocenters. The van der Waals surface area contributed by atoms with Gasteiger partial charge in [-0.25, -0.2) is 4.98 Å². The van der Waals surface area contributed by atoms with Gasteiger partial charge in [-0.3, -0.25) is 0 Å². The van der Waals surface area contributed by atoms with Gasteiger partial charge in [-0.2, -0.15) is 5.26 Å². The van der Waals surface area contributed by atoms with Crippen LogP contribution in [0.2, 0.25) is 0 Å². The second-order valence-electron chi connectivity index (χ2n) is 4.55. The Bertz CT molecular complexity index is 609. The van der Waals surface area contributed by atoms with Crippen molar-refractivity contribution in [2.45, 2.75) is 20.3 Å². The molecular formula is C16H17N3. The van der Waals surface area contributed by atoms with E-state index in [0.29, 0.717) is 5.56 Å². The molecule has 0 bridgehead atoms. The number of aromatic nitrogens is 1. The van der Waals surface area contributed by atoms with Crippen molar-refractivity contribution >= 4 is 11.5 Å². The number of aryl methyl sites for hydroxylation is 2. The number of rotatable bonds is 3. The van der Waals surface area contributed by atoms with E-state index in [4.69, 9.17) is 5.26 Å². The van der Waals surface area contributed by atoms with E-state index in [-0.39, 0.29) is 0 Å². The maximum atomic E-state index is 9.01. The molecule has 0 fully saturated rings. The van der Waals surface area contributed by atoms with Gasteiger partial charge < -0.3 is 4.90 Å². The Kier molecular flexibility index (Phi) is 3.82. The van der Waals surface area contributed by atoms with E-state index >= 15 is 0 Å². The first-order valence-corrected chi connectivity index (χ1v) is 6.35. The summed E-state index contributed by atoms with van der Waals surface area (Å²) in [4.78, 5) is 6.47. The number of benzene rings is 1. The van der Waals surface area contributed by atoms with E-state index in [9.17, 15) is 0 Å². The van der Waals surface area contributed by atoms with Crippen LogP contribution in [-0.2, 0) is 6.42 Å². The molecule has 0 aliphatic rings. The zero-order chi connectivity index (χ0) is 13.8. The normalized spacial score (nSPS) is 10.0. The van der Waals surface area contributed by atoms with Gasteiger partial charge in [0.05, 0.1) is 11.6 Å². The summed E-state index contributed by atoms with van der Waals surface area (Å²) < 4.78 is 0. The minimum Gasteiger partial charge on any atom is -0.329 e. The molecule has 0 radical (unpaired) electrons. The maximum absolute atomic E-state index is 9.01. The van der Waals surface area contributed by atoms with Crippen LogP contribution in [0.4, 0.5) is 11.5 Å². The average Bonchev–Trinajstić information content (AvgIpc) is 2.46. The Balaban J connectivity index is 2.35. The second kappa shape index (κ2) is 5.53. The van der Waals surface area contributed by atoms with Crippen molar-refractivity contribution in [1.82, 2.24) is 4.98 Å². The molecular weight excluding hydrogens is 234 g/mol. The summed E-state index contributed by atoms with van der Waals surface area (Å²) in [6, 6.07) is 14.2. The Morgan fingerprint density at radius 1 is 1.21 bits per heavy atom. The molecule has 0 amide bonds. The van der Waals surface area contributed by atoms with Crippen LogP contribution >= 0.6 is 0 Å². The highest BCUT2D eigenvalue weighted by Gasteiger charge is 2.07. The third kappa shape index (κ3) is 2.92. The maximum Gasteiger partial charge on any atom is 0.134 e. The summed E-state index contributed by atoms with van der Waals surface area (Å²) >= 11 is 0. The van der Waals surface area contributed by atoms with Gasteiger partial charge in [0, 0.05) is 18.4 Å². The van der Waals surface area contributed by atoms with E-state index in [1.807, 2.05) is 18.9 Å². The highest BCUT2D eigenvalue weighted by Crippen LogP contribution is 2.23.